The minimum Gasteiger partial charge on any atom is -0.772 e. The SMILES string of the molecule is CC(C)(C)Nc1ccnc(CS(=O)[O-])n1. The summed E-state index contributed by atoms with van der Waals surface area (Å²) in [6.07, 6.45) is 1.54. The van der Waals surface area contributed by atoms with E-state index in [1.807, 2.05) is 20.8 Å². The number of hydrogen-bond donors (Lipinski definition) is 1. The lowest BCUT2D eigenvalue weighted by Gasteiger charge is -2.21. The van der Waals surface area contributed by atoms with E-state index in [-0.39, 0.29) is 11.3 Å². The van der Waals surface area contributed by atoms with Gasteiger partial charge in [0.05, 0.1) is 5.75 Å². The monoisotopic (exact) mass is 228 g/mol. The zero-order valence-electron chi connectivity index (χ0n) is 8.98. The van der Waals surface area contributed by atoms with E-state index >= 15 is 0 Å². The maximum atomic E-state index is 10.5. The summed E-state index contributed by atoms with van der Waals surface area (Å²) in [5.41, 5.74) is -0.109. The van der Waals surface area contributed by atoms with Crippen molar-refractivity contribution in [2.75, 3.05) is 5.32 Å². The van der Waals surface area contributed by atoms with E-state index in [1.165, 1.54) is 0 Å². The largest absolute Gasteiger partial charge is 0.772 e. The van der Waals surface area contributed by atoms with E-state index in [4.69, 9.17) is 0 Å². The molecule has 1 rings (SSSR count). The molecule has 1 heterocycles. The van der Waals surface area contributed by atoms with Crippen LogP contribution in [0.2, 0.25) is 0 Å². The van der Waals surface area contributed by atoms with Gasteiger partial charge < -0.3 is 9.87 Å². The van der Waals surface area contributed by atoms with Gasteiger partial charge in [-0.25, -0.2) is 9.97 Å². The van der Waals surface area contributed by atoms with Crippen LogP contribution in [0.4, 0.5) is 5.82 Å². The first-order valence-corrected chi connectivity index (χ1v) is 5.77. The molecule has 0 amide bonds. The van der Waals surface area contributed by atoms with Gasteiger partial charge in [0.25, 0.3) is 0 Å². The first-order valence-electron chi connectivity index (χ1n) is 4.53. The van der Waals surface area contributed by atoms with Gasteiger partial charge in [-0.3, -0.25) is 4.21 Å². The molecule has 0 aromatic carbocycles. The zero-order chi connectivity index (χ0) is 11.5. The average Bonchev–Trinajstić information content (AvgIpc) is 1.99. The van der Waals surface area contributed by atoms with Crippen LogP contribution in [0, 0.1) is 0 Å². The molecule has 1 N–H and O–H groups in total. The Kier molecular flexibility index (Phi) is 3.76. The van der Waals surface area contributed by atoms with Gasteiger partial charge in [0, 0.05) is 11.7 Å². The van der Waals surface area contributed by atoms with E-state index in [1.54, 1.807) is 12.3 Å². The lowest BCUT2D eigenvalue weighted by molar-refractivity contribution is 0.535. The fourth-order valence-corrected chi connectivity index (χ4v) is 1.38. The lowest BCUT2D eigenvalue weighted by Crippen LogP contribution is -2.26. The maximum absolute atomic E-state index is 10.5. The Morgan fingerprint density at radius 3 is 2.73 bits per heavy atom. The van der Waals surface area contributed by atoms with Gasteiger partial charge in [-0.2, -0.15) is 0 Å². The van der Waals surface area contributed by atoms with Gasteiger partial charge in [-0.1, -0.05) is 0 Å². The number of rotatable bonds is 3. The van der Waals surface area contributed by atoms with Crippen molar-refractivity contribution in [1.29, 1.82) is 0 Å². The number of nitrogens with zero attached hydrogens (tertiary/aromatic N) is 2. The van der Waals surface area contributed by atoms with E-state index < -0.39 is 11.1 Å². The van der Waals surface area contributed by atoms with Crippen LogP contribution in [0.3, 0.4) is 0 Å². The van der Waals surface area contributed by atoms with Crippen molar-refractivity contribution in [3.8, 4) is 0 Å². The van der Waals surface area contributed by atoms with Gasteiger partial charge in [0.15, 0.2) is 0 Å². The van der Waals surface area contributed by atoms with Crippen molar-refractivity contribution < 1.29 is 8.76 Å². The molecule has 1 atom stereocenters. The summed E-state index contributed by atoms with van der Waals surface area (Å²) in [4.78, 5) is 7.95. The highest BCUT2D eigenvalue weighted by atomic mass is 32.2. The van der Waals surface area contributed by atoms with Gasteiger partial charge in [0.1, 0.15) is 11.6 Å². The molecule has 1 aromatic rings. The number of aromatic nitrogens is 2. The summed E-state index contributed by atoms with van der Waals surface area (Å²) in [6, 6.07) is 1.71. The standard InChI is InChI=1S/C9H15N3O2S/c1-9(2,3)12-7-4-5-10-8(11-7)6-15(13)14/h4-5H,6H2,1-3H3,(H,13,14)(H,10,11,12)/p-1. The first-order chi connectivity index (χ1) is 6.87. The van der Waals surface area contributed by atoms with E-state index in [0.29, 0.717) is 11.6 Å². The van der Waals surface area contributed by atoms with Gasteiger partial charge in [-0.15, -0.1) is 0 Å². The van der Waals surface area contributed by atoms with Crippen LogP contribution in [-0.4, -0.2) is 24.3 Å². The molecule has 0 aliphatic heterocycles. The van der Waals surface area contributed by atoms with E-state index in [9.17, 15) is 8.76 Å². The van der Waals surface area contributed by atoms with Crippen LogP contribution < -0.4 is 5.32 Å². The summed E-state index contributed by atoms with van der Waals surface area (Å²) < 4.78 is 20.9. The number of nitrogens with one attached hydrogen (secondary N) is 1. The Morgan fingerprint density at radius 2 is 2.20 bits per heavy atom. The van der Waals surface area contributed by atoms with Crippen LogP contribution in [0.25, 0.3) is 0 Å². The van der Waals surface area contributed by atoms with Crippen LogP contribution in [0.15, 0.2) is 12.3 Å². The molecule has 1 unspecified atom stereocenters. The molecule has 15 heavy (non-hydrogen) atoms. The number of hydrogen-bond acceptors (Lipinski definition) is 5. The molecule has 0 aliphatic carbocycles. The second kappa shape index (κ2) is 4.67. The first kappa shape index (κ1) is 12.1. The van der Waals surface area contributed by atoms with Crippen LogP contribution in [0.1, 0.15) is 26.6 Å². The smallest absolute Gasteiger partial charge is 0.141 e. The minimum absolute atomic E-state index is 0.109. The molecule has 0 fully saturated rings. The average molecular weight is 228 g/mol. The highest BCUT2D eigenvalue weighted by Gasteiger charge is 2.10. The van der Waals surface area contributed by atoms with Gasteiger partial charge in [-0.05, 0) is 37.9 Å². The highest BCUT2D eigenvalue weighted by molar-refractivity contribution is 7.78. The van der Waals surface area contributed by atoms with Crippen molar-refractivity contribution in [3.05, 3.63) is 18.1 Å². The Balaban J connectivity index is 2.79. The van der Waals surface area contributed by atoms with Crippen molar-refractivity contribution in [1.82, 2.24) is 9.97 Å². The third kappa shape index (κ3) is 4.85. The lowest BCUT2D eigenvalue weighted by atomic mass is 10.1. The Morgan fingerprint density at radius 1 is 1.53 bits per heavy atom. The van der Waals surface area contributed by atoms with Crippen LogP contribution in [0.5, 0.6) is 0 Å². The molecule has 0 aliphatic rings. The molecule has 0 radical (unpaired) electrons. The fraction of sp³-hybridized carbons (Fsp3) is 0.556. The molecule has 0 saturated carbocycles. The molecular formula is C9H14N3O2S-. The Labute approximate surface area is 91.6 Å². The topological polar surface area (TPSA) is 77.9 Å². The molecular weight excluding hydrogens is 214 g/mol. The van der Waals surface area contributed by atoms with Crippen molar-refractivity contribution in [2.45, 2.75) is 32.1 Å². The van der Waals surface area contributed by atoms with Gasteiger partial charge in [0.2, 0.25) is 0 Å². The molecule has 0 saturated heterocycles. The molecule has 0 bridgehead atoms. The summed E-state index contributed by atoms with van der Waals surface area (Å²) in [5.74, 6) is 0.787. The summed E-state index contributed by atoms with van der Waals surface area (Å²) in [7, 11) is 0. The predicted molar refractivity (Wildman–Crippen MR) is 58.0 cm³/mol. The van der Waals surface area contributed by atoms with E-state index in [2.05, 4.69) is 15.3 Å². The molecule has 1 aromatic heterocycles. The van der Waals surface area contributed by atoms with Crippen molar-refractivity contribution in [3.63, 3.8) is 0 Å². The minimum atomic E-state index is -2.15. The quantitative estimate of drug-likeness (QED) is 0.783. The normalized spacial score (nSPS) is 13.6. The van der Waals surface area contributed by atoms with E-state index in [0.717, 1.165) is 0 Å². The maximum Gasteiger partial charge on any atom is 0.141 e. The van der Waals surface area contributed by atoms with Gasteiger partial charge >= 0.3 is 0 Å². The second-order valence-electron chi connectivity index (χ2n) is 4.18. The Hall–Kier alpha value is -1.01. The summed E-state index contributed by atoms with van der Waals surface area (Å²) in [6.45, 7) is 6.00. The highest BCUT2D eigenvalue weighted by Crippen LogP contribution is 2.11. The van der Waals surface area contributed by atoms with Crippen molar-refractivity contribution in [2.24, 2.45) is 0 Å². The van der Waals surface area contributed by atoms with Crippen LogP contribution in [-0.2, 0) is 16.8 Å². The third-order valence-corrected chi connectivity index (χ3v) is 1.95. The summed E-state index contributed by atoms with van der Waals surface area (Å²) in [5, 5.41) is 3.14. The molecule has 84 valence electrons. The fourth-order valence-electron chi connectivity index (χ4n) is 1.03. The zero-order valence-corrected chi connectivity index (χ0v) is 9.80. The van der Waals surface area contributed by atoms with Crippen LogP contribution >= 0.6 is 0 Å². The third-order valence-electron chi connectivity index (χ3n) is 1.46. The van der Waals surface area contributed by atoms with Crippen molar-refractivity contribution >= 4 is 16.9 Å². The Bertz CT molecular complexity index is 363. The molecule has 5 nitrogen and oxygen atoms in total. The summed E-state index contributed by atoms with van der Waals surface area (Å²) >= 11 is -2.15. The predicted octanol–water partition coefficient (Wildman–Crippen LogP) is 1.07. The molecule has 6 heteroatoms. The number of anilines is 1. The second-order valence-corrected chi connectivity index (χ2v) is 5.08. The molecule has 0 spiro atoms.